The summed E-state index contributed by atoms with van der Waals surface area (Å²) in [6, 6.07) is 10.0. The molecule has 0 unspecified atom stereocenters. The third kappa shape index (κ3) is 5.27. The molecule has 0 aliphatic carbocycles. The second-order valence-electron chi connectivity index (χ2n) is 7.13. The first-order valence-electron chi connectivity index (χ1n) is 8.24. The maximum Gasteiger partial charge on any atom is 0.317 e. The zero-order valence-electron chi connectivity index (χ0n) is 14.3. The Morgan fingerprint density at radius 1 is 1.13 bits per heavy atom. The lowest BCUT2D eigenvalue weighted by Crippen LogP contribution is -2.50. The van der Waals surface area contributed by atoms with Crippen molar-refractivity contribution < 1.29 is 9.59 Å². The topological polar surface area (TPSA) is 61.4 Å². The molecule has 3 amide bonds. The lowest BCUT2D eigenvalue weighted by Gasteiger charge is -2.33. The number of carbonyl (C=O) groups excluding carboxylic acids is 2. The number of hydrogen-bond donors (Lipinski definition) is 2. The standard InChI is InChI=1S/C18H27N3O2/c1-18(2,3)16(22)20-15-9-11-21(12-10-15)17(23)19-13-14-7-5-4-6-8-14/h4-8,15H,9-13H2,1-3H3,(H,19,23)(H,20,22). The summed E-state index contributed by atoms with van der Waals surface area (Å²) >= 11 is 0. The lowest BCUT2D eigenvalue weighted by molar-refractivity contribution is -0.129. The number of piperidine rings is 1. The number of likely N-dealkylation sites (tertiary alicyclic amines) is 1. The van der Waals surface area contributed by atoms with Crippen LogP contribution in [0.25, 0.3) is 0 Å². The van der Waals surface area contributed by atoms with Crippen LogP contribution in [-0.4, -0.2) is 36.0 Å². The fourth-order valence-corrected chi connectivity index (χ4v) is 2.51. The molecule has 0 radical (unpaired) electrons. The number of nitrogens with one attached hydrogen (secondary N) is 2. The molecule has 0 saturated carbocycles. The van der Waals surface area contributed by atoms with E-state index in [1.54, 1.807) is 0 Å². The minimum absolute atomic E-state index is 0.0329. The summed E-state index contributed by atoms with van der Waals surface area (Å²) in [5.41, 5.74) is 0.720. The van der Waals surface area contributed by atoms with Crippen molar-refractivity contribution in [2.24, 2.45) is 5.41 Å². The van der Waals surface area contributed by atoms with Crippen LogP contribution >= 0.6 is 0 Å². The SMILES string of the molecule is CC(C)(C)C(=O)NC1CCN(C(=O)NCc2ccccc2)CC1. The van der Waals surface area contributed by atoms with Crippen molar-refractivity contribution in [1.82, 2.24) is 15.5 Å². The van der Waals surface area contributed by atoms with E-state index in [2.05, 4.69) is 10.6 Å². The Kier molecular flexibility index (Phi) is 5.64. The summed E-state index contributed by atoms with van der Waals surface area (Å²) in [5.74, 6) is 0.0736. The summed E-state index contributed by atoms with van der Waals surface area (Å²) in [4.78, 5) is 26.0. The number of hydrogen-bond acceptors (Lipinski definition) is 2. The van der Waals surface area contributed by atoms with Gasteiger partial charge in [-0.2, -0.15) is 0 Å². The first kappa shape index (κ1) is 17.3. The monoisotopic (exact) mass is 317 g/mol. The van der Waals surface area contributed by atoms with Gasteiger partial charge in [-0.3, -0.25) is 4.79 Å². The predicted molar refractivity (Wildman–Crippen MR) is 90.9 cm³/mol. The van der Waals surface area contributed by atoms with E-state index in [0.717, 1.165) is 18.4 Å². The molecule has 1 aromatic carbocycles. The van der Waals surface area contributed by atoms with Crippen LogP contribution in [0.3, 0.4) is 0 Å². The van der Waals surface area contributed by atoms with E-state index in [-0.39, 0.29) is 23.4 Å². The van der Waals surface area contributed by atoms with E-state index in [1.165, 1.54) is 0 Å². The molecule has 1 heterocycles. The van der Waals surface area contributed by atoms with E-state index in [1.807, 2.05) is 56.0 Å². The van der Waals surface area contributed by atoms with Crippen molar-refractivity contribution in [3.8, 4) is 0 Å². The summed E-state index contributed by atoms with van der Waals surface area (Å²) in [5, 5.41) is 6.03. The van der Waals surface area contributed by atoms with E-state index in [4.69, 9.17) is 0 Å². The lowest BCUT2D eigenvalue weighted by atomic mass is 9.94. The Morgan fingerprint density at radius 2 is 1.74 bits per heavy atom. The molecule has 1 aliphatic rings. The molecule has 5 nitrogen and oxygen atoms in total. The summed E-state index contributed by atoms with van der Waals surface area (Å²) in [6.45, 7) is 7.63. The fraction of sp³-hybridized carbons (Fsp3) is 0.556. The van der Waals surface area contributed by atoms with Gasteiger partial charge in [0.1, 0.15) is 0 Å². The van der Waals surface area contributed by atoms with Crippen LogP contribution < -0.4 is 10.6 Å². The highest BCUT2D eigenvalue weighted by Crippen LogP contribution is 2.16. The smallest absolute Gasteiger partial charge is 0.317 e. The van der Waals surface area contributed by atoms with Crippen LogP contribution in [0.4, 0.5) is 4.79 Å². The Morgan fingerprint density at radius 3 is 2.30 bits per heavy atom. The van der Waals surface area contributed by atoms with Crippen molar-refractivity contribution >= 4 is 11.9 Å². The third-order valence-electron chi connectivity index (χ3n) is 4.09. The molecule has 0 aromatic heterocycles. The highest BCUT2D eigenvalue weighted by atomic mass is 16.2. The third-order valence-corrected chi connectivity index (χ3v) is 4.09. The molecule has 1 saturated heterocycles. The van der Waals surface area contributed by atoms with Gasteiger partial charge in [0.15, 0.2) is 0 Å². The molecule has 1 fully saturated rings. The maximum absolute atomic E-state index is 12.2. The summed E-state index contributed by atoms with van der Waals surface area (Å²) in [7, 11) is 0. The molecule has 5 heteroatoms. The van der Waals surface area contributed by atoms with Crippen molar-refractivity contribution in [2.45, 2.75) is 46.2 Å². The number of nitrogens with zero attached hydrogens (tertiary/aromatic N) is 1. The summed E-state index contributed by atoms with van der Waals surface area (Å²) in [6.07, 6.45) is 1.61. The van der Waals surface area contributed by atoms with Crippen LogP contribution in [0, 0.1) is 5.41 Å². The van der Waals surface area contributed by atoms with Crippen LogP contribution in [0.1, 0.15) is 39.2 Å². The molecular formula is C18H27N3O2. The van der Waals surface area contributed by atoms with Gasteiger partial charge in [-0.15, -0.1) is 0 Å². The fourth-order valence-electron chi connectivity index (χ4n) is 2.51. The van der Waals surface area contributed by atoms with Crippen LogP contribution in [-0.2, 0) is 11.3 Å². The Labute approximate surface area is 138 Å². The van der Waals surface area contributed by atoms with Crippen molar-refractivity contribution in [3.05, 3.63) is 35.9 Å². The Bertz CT molecular complexity index is 529. The number of amides is 3. The maximum atomic E-state index is 12.2. The highest BCUT2D eigenvalue weighted by molar-refractivity contribution is 5.81. The molecule has 23 heavy (non-hydrogen) atoms. The zero-order valence-corrected chi connectivity index (χ0v) is 14.3. The van der Waals surface area contributed by atoms with E-state index >= 15 is 0 Å². The highest BCUT2D eigenvalue weighted by Gasteiger charge is 2.27. The second-order valence-corrected chi connectivity index (χ2v) is 7.13. The number of benzene rings is 1. The van der Waals surface area contributed by atoms with Gasteiger partial charge in [0, 0.05) is 31.1 Å². The molecule has 1 aliphatic heterocycles. The quantitative estimate of drug-likeness (QED) is 0.900. The van der Waals surface area contributed by atoms with Gasteiger partial charge in [-0.05, 0) is 18.4 Å². The first-order chi connectivity index (χ1) is 10.9. The first-order valence-corrected chi connectivity index (χ1v) is 8.24. The molecule has 2 rings (SSSR count). The van der Waals surface area contributed by atoms with Crippen molar-refractivity contribution in [2.75, 3.05) is 13.1 Å². The Balaban J connectivity index is 1.73. The summed E-state index contributed by atoms with van der Waals surface area (Å²) < 4.78 is 0. The number of rotatable bonds is 3. The minimum Gasteiger partial charge on any atom is -0.353 e. The normalized spacial score (nSPS) is 16.0. The van der Waals surface area contributed by atoms with Gasteiger partial charge in [-0.25, -0.2) is 4.79 Å². The van der Waals surface area contributed by atoms with E-state index in [9.17, 15) is 9.59 Å². The largest absolute Gasteiger partial charge is 0.353 e. The van der Waals surface area contributed by atoms with Crippen LogP contribution in [0.2, 0.25) is 0 Å². The van der Waals surface area contributed by atoms with Gasteiger partial charge in [0.25, 0.3) is 0 Å². The molecule has 0 spiro atoms. The minimum atomic E-state index is -0.371. The van der Waals surface area contributed by atoms with E-state index in [0.29, 0.717) is 19.6 Å². The second kappa shape index (κ2) is 7.49. The van der Waals surface area contributed by atoms with Crippen molar-refractivity contribution in [3.63, 3.8) is 0 Å². The average Bonchev–Trinajstić information content (AvgIpc) is 2.53. The number of carbonyl (C=O) groups is 2. The van der Waals surface area contributed by atoms with Gasteiger partial charge >= 0.3 is 6.03 Å². The molecular weight excluding hydrogens is 290 g/mol. The van der Waals surface area contributed by atoms with Gasteiger partial charge in [0.05, 0.1) is 0 Å². The average molecular weight is 317 g/mol. The number of urea groups is 1. The van der Waals surface area contributed by atoms with Crippen LogP contribution in [0.5, 0.6) is 0 Å². The molecule has 1 aromatic rings. The Hall–Kier alpha value is -2.04. The molecule has 0 bridgehead atoms. The molecule has 0 atom stereocenters. The van der Waals surface area contributed by atoms with Gasteiger partial charge in [-0.1, -0.05) is 51.1 Å². The van der Waals surface area contributed by atoms with E-state index < -0.39 is 0 Å². The predicted octanol–water partition coefficient (Wildman–Crippen LogP) is 2.52. The van der Waals surface area contributed by atoms with Gasteiger partial charge in [0.2, 0.25) is 5.91 Å². The zero-order chi connectivity index (χ0) is 16.9. The molecule has 2 N–H and O–H groups in total. The van der Waals surface area contributed by atoms with Crippen LogP contribution in [0.15, 0.2) is 30.3 Å². The molecule has 126 valence electrons. The van der Waals surface area contributed by atoms with Crippen molar-refractivity contribution in [1.29, 1.82) is 0 Å². The van der Waals surface area contributed by atoms with Gasteiger partial charge < -0.3 is 15.5 Å².